The van der Waals surface area contributed by atoms with E-state index in [1.807, 2.05) is 42.5 Å². The van der Waals surface area contributed by atoms with Crippen LogP contribution in [0.1, 0.15) is 23.3 Å². The Bertz CT molecular complexity index is 1000. The molecular weight excluding hydrogens is 368 g/mol. The maximum Gasteiger partial charge on any atom is 0.415 e. The van der Waals surface area contributed by atoms with Crippen LogP contribution in [0.15, 0.2) is 60.8 Å². The molecule has 2 heterocycles. The van der Waals surface area contributed by atoms with Gasteiger partial charge in [-0.3, -0.25) is 9.78 Å². The van der Waals surface area contributed by atoms with Crippen LogP contribution in [0.3, 0.4) is 0 Å². The molecule has 0 aliphatic carbocycles. The van der Waals surface area contributed by atoms with Crippen molar-refractivity contribution in [3.63, 3.8) is 0 Å². The van der Waals surface area contributed by atoms with Crippen LogP contribution < -0.4 is 10.1 Å². The third-order valence-corrected chi connectivity index (χ3v) is 5.05. The molecule has 2 aromatic carbocycles. The molecule has 1 N–H and O–H groups in total. The van der Waals surface area contributed by atoms with Crippen LogP contribution in [0.4, 0.5) is 4.79 Å². The lowest BCUT2D eigenvalue weighted by atomic mass is 9.97. The largest absolute Gasteiger partial charge is 0.415 e. The van der Waals surface area contributed by atoms with E-state index in [1.54, 1.807) is 17.0 Å². The maximum atomic E-state index is 12.4. The Kier molecular flexibility index (Phi) is 5.65. The number of rotatable bonds is 4. The first kappa shape index (κ1) is 18.9. The number of para-hydroxylation sites is 3. The third kappa shape index (κ3) is 4.68. The van der Waals surface area contributed by atoms with E-state index in [4.69, 9.17) is 4.74 Å². The summed E-state index contributed by atoms with van der Waals surface area (Å²) in [4.78, 5) is 35.0. The summed E-state index contributed by atoms with van der Waals surface area (Å²) >= 11 is 0. The van der Waals surface area contributed by atoms with Gasteiger partial charge in [0.2, 0.25) is 0 Å². The van der Waals surface area contributed by atoms with Gasteiger partial charge in [0, 0.05) is 19.6 Å². The molecule has 0 spiro atoms. The second-order valence-electron chi connectivity index (χ2n) is 7.07. The highest BCUT2D eigenvalue weighted by Gasteiger charge is 2.24. The Morgan fingerprint density at radius 3 is 2.45 bits per heavy atom. The van der Waals surface area contributed by atoms with Gasteiger partial charge in [-0.2, -0.15) is 0 Å². The van der Waals surface area contributed by atoms with Crippen LogP contribution >= 0.6 is 0 Å². The van der Waals surface area contributed by atoms with Gasteiger partial charge in [0.15, 0.2) is 0 Å². The predicted octanol–water partition coefficient (Wildman–Crippen LogP) is 3.27. The fraction of sp³-hybridized carbons (Fsp3) is 0.273. The van der Waals surface area contributed by atoms with Gasteiger partial charge < -0.3 is 15.0 Å². The number of aromatic nitrogens is 2. The number of amides is 2. The minimum atomic E-state index is -0.329. The molecule has 0 radical (unpaired) electrons. The average Bonchev–Trinajstić information content (AvgIpc) is 2.78. The quantitative estimate of drug-likeness (QED) is 0.739. The van der Waals surface area contributed by atoms with E-state index in [0.717, 1.165) is 18.4 Å². The van der Waals surface area contributed by atoms with Crippen molar-refractivity contribution in [2.24, 2.45) is 5.92 Å². The fourth-order valence-corrected chi connectivity index (χ4v) is 3.37. The molecule has 29 heavy (non-hydrogen) atoms. The zero-order valence-electron chi connectivity index (χ0n) is 16.0. The Labute approximate surface area is 168 Å². The highest BCUT2D eigenvalue weighted by molar-refractivity contribution is 5.93. The summed E-state index contributed by atoms with van der Waals surface area (Å²) in [6.07, 6.45) is 2.80. The Hall–Kier alpha value is -3.48. The standard InChI is InChI=1S/C22H22N4O3/c27-21(20-15-23-18-8-4-5-9-19(18)25-20)24-14-16-10-12-26(13-11-16)22(28)29-17-6-2-1-3-7-17/h1-9,15-16H,10-14H2,(H,24,27). The molecule has 0 saturated carbocycles. The summed E-state index contributed by atoms with van der Waals surface area (Å²) in [5, 5.41) is 2.94. The van der Waals surface area contributed by atoms with Gasteiger partial charge in [-0.1, -0.05) is 30.3 Å². The van der Waals surface area contributed by atoms with Crippen molar-refractivity contribution in [2.75, 3.05) is 19.6 Å². The van der Waals surface area contributed by atoms with Crippen LogP contribution in [0.5, 0.6) is 5.75 Å². The minimum absolute atomic E-state index is 0.228. The lowest BCUT2D eigenvalue weighted by Crippen LogP contribution is -2.42. The van der Waals surface area contributed by atoms with Crippen LogP contribution in [0, 0.1) is 5.92 Å². The van der Waals surface area contributed by atoms with Crippen LogP contribution in [0.25, 0.3) is 11.0 Å². The second-order valence-corrected chi connectivity index (χ2v) is 7.07. The topological polar surface area (TPSA) is 84.4 Å². The smallest absolute Gasteiger partial charge is 0.410 e. The van der Waals surface area contributed by atoms with Crippen LogP contribution in [-0.2, 0) is 0 Å². The van der Waals surface area contributed by atoms with E-state index in [1.165, 1.54) is 6.20 Å². The first-order valence-corrected chi connectivity index (χ1v) is 9.71. The molecule has 1 aliphatic rings. The lowest BCUT2D eigenvalue weighted by molar-refractivity contribution is 0.0926. The van der Waals surface area contributed by atoms with Crippen LogP contribution in [-0.4, -0.2) is 46.5 Å². The molecular formula is C22H22N4O3. The SMILES string of the molecule is O=C(NCC1CCN(C(=O)Oc2ccccc2)CC1)c1cnc2ccccc2n1. The van der Waals surface area contributed by atoms with Crippen molar-refractivity contribution in [2.45, 2.75) is 12.8 Å². The number of hydrogen-bond donors (Lipinski definition) is 1. The number of carbonyl (C=O) groups excluding carboxylic acids is 2. The molecule has 0 bridgehead atoms. The monoisotopic (exact) mass is 390 g/mol. The highest BCUT2D eigenvalue weighted by atomic mass is 16.6. The molecule has 3 aromatic rings. The Morgan fingerprint density at radius 1 is 1.00 bits per heavy atom. The summed E-state index contributed by atoms with van der Waals surface area (Å²) in [5.41, 5.74) is 1.77. The zero-order chi connectivity index (χ0) is 20.1. The molecule has 148 valence electrons. The molecule has 0 atom stereocenters. The Morgan fingerprint density at radius 2 is 1.69 bits per heavy atom. The number of nitrogens with one attached hydrogen (secondary N) is 1. The van der Waals surface area contributed by atoms with Crippen molar-refractivity contribution in [3.05, 3.63) is 66.5 Å². The first-order chi connectivity index (χ1) is 14.2. The van der Waals surface area contributed by atoms with Gasteiger partial charge in [-0.05, 0) is 43.0 Å². The number of likely N-dealkylation sites (tertiary alicyclic amines) is 1. The minimum Gasteiger partial charge on any atom is -0.410 e. The number of carbonyl (C=O) groups is 2. The van der Waals surface area contributed by atoms with E-state index in [2.05, 4.69) is 15.3 Å². The number of fused-ring (bicyclic) bond motifs is 1. The maximum absolute atomic E-state index is 12.4. The molecule has 4 rings (SSSR count). The van der Waals surface area contributed by atoms with E-state index >= 15 is 0 Å². The summed E-state index contributed by atoms with van der Waals surface area (Å²) in [7, 11) is 0. The number of hydrogen-bond acceptors (Lipinski definition) is 5. The molecule has 1 fully saturated rings. The molecule has 1 aliphatic heterocycles. The zero-order valence-corrected chi connectivity index (χ0v) is 16.0. The van der Waals surface area contributed by atoms with Gasteiger partial charge in [-0.25, -0.2) is 9.78 Å². The van der Waals surface area contributed by atoms with E-state index < -0.39 is 0 Å². The molecule has 0 unspecified atom stereocenters. The molecule has 2 amide bonds. The Balaban J connectivity index is 1.25. The number of benzene rings is 2. The molecule has 1 saturated heterocycles. The van der Waals surface area contributed by atoms with Gasteiger partial charge in [0.25, 0.3) is 5.91 Å². The highest BCUT2D eigenvalue weighted by Crippen LogP contribution is 2.19. The number of nitrogens with zero attached hydrogens (tertiary/aromatic N) is 3. The van der Waals surface area contributed by atoms with Crippen molar-refractivity contribution >= 4 is 23.0 Å². The van der Waals surface area contributed by atoms with E-state index in [-0.39, 0.29) is 12.0 Å². The average molecular weight is 390 g/mol. The van der Waals surface area contributed by atoms with Crippen LogP contribution in [0.2, 0.25) is 0 Å². The van der Waals surface area contributed by atoms with Gasteiger partial charge in [0.05, 0.1) is 17.2 Å². The normalized spacial score (nSPS) is 14.6. The van der Waals surface area contributed by atoms with E-state index in [0.29, 0.717) is 42.5 Å². The van der Waals surface area contributed by atoms with Crippen molar-refractivity contribution in [1.29, 1.82) is 0 Å². The van der Waals surface area contributed by atoms with Gasteiger partial charge >= 0.3 is 6.09 Å². The van der Waals surface area contributed by atoms with E-state index in [9.17, 15) is 9.59 Å². The molecule has 7 heteroatoms. The molecule has 1 aromatic heterocycles. The third-order valence-electron chi connectivity index (χ3n) is 5.05. The number of piperidine rings is 1. The predicted molar refractivity (Wildman–Crippen MR) is 109 cm³/mol. The fourth-order valence-electron chi connectivity index (χ4n) is 3.37. The van der Waals surface area contributed by atoms with Crippen molar-refractivity contribution in [1.82, 2.24) is 20.2 Å². The molecule has 7 nitrogen and oxygen atoms in total. The summed E-state index contributed by atoms with van der Waals surface area (Å²) in [5.74, 6) is 0.630. The number of ether oxygens (including phenoxy) is 1. The van der Waals surface area contributed by atoms with Crippen molar-refractivity contribution in [3.8, 4) is 5.75 Å². The van der Waals surface area contributed by atoms with Gasteiger partial charge in [-0.15, -0.1) is 0 Å². The first-order valence-electron chi connectivity index (χ1n) is 9.71. The second kappa shape index (κ2) is 8.68. The lowest BCUT2D eigenvalue weighted by Gasteiger charge is -2.31. The summed E-state index contributed by atoms with van der Waals surface area (Å²) < 4.78 is 5.38. The van der Waals surface area contributed by atoms with Gasteiger partial charge in [0.1, 0.15) is 11.4 Å². The summed E-state index contributed by atoms with van der Waals surface area (Å²) in [6.45, 7) is 1.78. The van der Waals surface area contributed by atoms with Crippen molar-refractivity contribution < 1.29 is 14.3 Å². The summed E-state index contributed by atoms with van der Waals surface area (Å²) in [6, 6.07) is 16.5.